The summed E-state index contributed by atoms with van der Waals surface area (Å²) in [7, 11) is 2.02. The highest BCUT2D eigenvalue weighted by molar-refractivity contribution is 5.81. The fourth-order valence-electron chi connectivity index (χ4n) is 3.33. The van der Waals surface area contributed by atoms with Gasteiger partial charge >= 0.3 is 5.97 Å². The van der Waals surface area contributed by atoms with Crippen LogP contribution in [0.4, 0.5) is 0 Å². The Kier molecular flexibility index (Phi) is 4.13. The average Bonchev–Trinajstić information content (AvgIpc) is 2.84. The molecule has 19 heavy (non-hydrogen) atoms. The van der Waals surface area contributed by atoms with Crippen molar-refractivity contribution in [2.24, 2.45) is 11.3 Å². The molecule has 1 N–H and O–H groups in total. The Bertz CT molecular complexity index is 372. The molecule has 108 valence electrons. The Morgan fingerprint density at radius 2 is 2.11 bits per heavy atom. The maximum absolute atomic E-state index is 12.5. The first kappa shape index (κ1) is 14.3. The van der Waals surface area contributed by atoms with E-state index in [9.17, 15) is 14.7 Å². The maximum Gasteiger partial charge on any atom is 0.311 e. The molecule has 0 aromatic heterocycles. The molecule has 5 nitrogen and oxygen atoms in total. The quantitative estimate of drug-likeness (QED) is 0.831. The molecule has 2 aliphatic heterocycles. The number of rotatable bonds is 3. The minimum Gasteiger partial charge on any atom is -0.481 e. The summed E-state index contributed by atoms with van der Waals surface area (Å²) in [6.45, 7) is 4.78. The van der Waals surface area contributed by atoms with E-state index in [1.165, 1.54) is 0 Å². The molecular weight excluding hydrogens is 244 g/mol. The van der Waals surface area contributed by atoms with E-state index in [0.29, 0.717) is 25.9 Å². The van der Waals surface area contributed by atoms with Crippen LogP contribution < -0.4 is 0 Å². The van der Waals surface area contributed by atoms with Gasteiger partial charge in [0, 0.05) is 19.6 Å². The Morgan fingerprint density at radius 3 is 2.63 bits per heavy atom. The molecule has 0 aliphatic carbocycles. The Morgan fingerprint density at radius 1 is 1.37 bits per heavy atom. The lowest BCUT2D eigenvalue weighted by Gasteiger charge is -2.40. The zero-order valence-corrected chi connectivity index (χ0v) is 11.9. The summed E-state index contributed by atoms with van der Waals surface area (Å²) in [5.74, 6) is -0.536. The van der Waals surface area contributed by atoms with E-state index in [0.717, 1.165) is 25.9 Å². The molecule has 1 amide bonds. The van der Waals surface area contributed by atoms with Gasteiger partial charge in [0.1, 0.15) is 0 Å². The summed E-state index contributed by atoms with van der Waals surface area (Å²) in [4.78, 5) is 27.9. The number of carboxylic acids is 1. The van der Waals surface area contributed by atoms with Gasteiger partial charge in [-0.3, -0.25) is 9.59 Å². The van der Waals surface area contributed by atoms with Gasteiger partial charge in [-0.1, -0.05) is 6.92 Å². The summed E-state index contributed by atoms with van der Waals surface area (Å²) in [5, 5.41) is 9.45. The first-order valence-corrected chi connectivity index (χ1v) is 7.19. The Labute approximate surface area is 114 Å². The summed E-state index contributed by atoms with van der Waals surface area (Å²) in [5.41, 5.74) is -0.724. The van der Waals surface area contributed by atoms with Crippen LogP contribution in [-0.4, -0.2) is 60.0 Å². The van der Waals surface area contributed by atoms with Crippen LogP contribution in [0.25, 0.3) is 0 Å². The predicted molar refractivity (Wildman–Crippen MR) is 71.8 cm³/mol. The van der Waals surface area contributed by atoms with Crippen LogP contribution in [0.2, 0.25) is 0 Å². The molecule has 5 heteroatoms. The number of carbonyl (C=O) groups excluding carboxylic acids is 1. The van der Waals surface area contributed by atoms with E-state index in [1.807, 2.05) is 14.0 Å². The van der Waals surface area contributed by atoms with Crippen LogP contribution >= 0.6 is 0 Å². The molecule has 2 saturated heterocycles. The molecule has 2 aliphatic rings. The number of carboxylic acid groups (broad SMARTS) is 1. The topological polar surface area (TPSA) is 60.9 Å². The highest BCUT2D eigenvalue weighted by Crippen LogP contribution is 2.34. The Balaban J connectivity index is 2.04. The molecule has 2 heterocycles. The van der Waals surface area contributed by atoms with Crippen molar-refractivity contribution in [2.75, 3.05) is 33.2 Å². The van der Waals surface area contributed by atoms with E-state index in [1.54, 1.807) is 4.90 Å². The molecule has 0 bridgehead atoms. The molecule has 2 rings (SSSR count). The molecule has 0 radical (unpaired) electrons. The first-order valence-electron chi connectivity index (χ1n) is 7.19. The van der Waals surface area contributed by atoms with Crippen molar-refractivity contribution < 1.29 is 14.7 Å². The lowest BCUT2D eigenvalue weighted by molar-refractivity contribution is -0.156. The smallest absolute Gasteiger partial charge is 0.311 e. The standard InChI is InChI=1S/C14H24N2O3/c1-3-14(13(18)19)6-4-7-16(10-14)12(17)11-5-8-15(2)9-11/h11H,3-10H2,1-2H3,(H,18,19). The zero-order chi connectivity index (χ0) is 14.0. The summed E-state index contributed by atoms with van der Waals surface area (Å²) in [6.07, 6.45) is 2.98. The van der Waals surface area contributed by atoms with E-state index in [-0.39, 0.29) is 11.8 Å². The monoisotopic (exact) mass is 268 g/mol. The Hall–Kier alpha value is -1.10. The maximum atomic E-state index is 12.5. The number of aliphatic carboxylic acids is 1. The third-order valence-corrected chi connectivity index (χ3v) is 4.76. The average molecular weight is 268 g/mol. The number of piperidine rings is 1. The predicted octanol–water partition coefficient (Wildman–Crippen LogP) is 1.04. The summed E-state index contributed by atoms with van der Waals surface area (Å²) < 4.78 is 0. The van der Waals surface area contributed by atoms with Crippen LogP contribution in [0.1, 0.15) is 32.6 Å². The van der Waals surface area contributed by atoms with Crippen LogP contribution in [0.5, 0.6) is 0 Å². The SMILES string of the molecule is CCC1(C(=O)O)CCCN(C(=O)C2CCN(C)C2)C1. The lowest BCUT2D eigenvalue weighted by atomic mass is 9.77. The zero-order valence-electron chi connectivity index (χ0n) is 11.9. The number of nitrogens with zero attached hydrogens (tertiary/aromatic N) is 2. The van der Waals surface area contributed by atoms with Crippen LogP contribution in [0.3, 0.4) is 0 Å². The summed E-state index contributed by atoms with van der Waals surface area (Å²) in [6, 6.07) is 0. The van der Waals surface area contributed by atoms with Crippen LogP contribution in [0, 0.1) is 11.3 Å². The van der Waals surface area contributed by atoms with Gasteiger partial charge in [-0.2, -0.15) is 0 Å². The summed E-state index contributed by atoms with van der Waals surface area (Å²) >= 11 is 0. The third-order valence-electron chi connectivity index (χ3n) is 4.76. The molecular formula is C14H24N2O3. The van der Waals surface area contributed by atoms with Crippen molar-refractivity contribution in [1.82, 2.24) is 9.80 Å². The fraction of sp³-hybridized carbons (Fsp3) is 0.857. The molecule has 0 spiro atoms. The van der Waals surface area contributed by atoms with E-state index < -0.39 is 11.4 Å². The number of hydrogen-bond donors (Lipinski definition) is 1. The first-order chi connectivity index (χ1) is 8.98. The third kappa shape index (κ3) is 2.76. The van der Waals surface area contributed by atoms with Gasteiger partial charge in [0.25, 0.3) is 0 Å². The molecule has 2 unspecified atom stereocenters. The number of amides is 1. The van der Waals surface area contributed by atoms with Gasteiger partial charge in [-0.15, -0.1) is 0 Å². The minimum atomic E-state index is -0.754. The molecule has 2 fully saturated rings. The molecule has 2 atom stereocenters. The minimum absolute atomic E-state index is 0.0615. The highest BCUT2D eigenvalue weighted by Gasteiger charge is 2.43. The number of hydrogen-bond acceptors (Lipinski definition) is 3. The van der Waals surface area contributed by atoms with E-state index >= 15 is 0 Å². The van der Waals surface area contributed by atoms with Gasteiger partial charge in [0.05, 0.1) is 11.3 Å². The second-order valence-corrected chi connectivity index (χ2v) is 6.05. The normalized spacial score (nSPS) is 32.5. The van der Waals surface area contributed by atoms with Gasteiger partial charge in [-0.05, 0) is 39.3 Å². The van der Waals surface area contributed by atoms with Crippen molar-refractivity contribution >= 4 is 11.9 Å². The van der Waals surface area contributed by atoms with Crippen molar-refractivity contribution in [3.63, 3.8) is 0 Å². The van der Waals surface area contributed by atoms with Gasteiger partial charge < -0.3 is 14.9 Å². The second-order valence-electron chi connectivity index (χ2n) is 6.05. The molecule has 0 saturated carbocycles. The molecule has 0 aromatic carbocycles. The van der Waals surface area contributed by atoms with Gasteiger partial charge in [-0.25, -0.2) is 0 Å². The van der Waals surface area contributed by atoms with Gasteiger partial charge in [0.15, 0.2) is 0 Å². The van der Waals surface area contributed by atoms with Crippen LogP contribution in [-0.2, 0) is 9.59 Å². The van der Waals surface area contributed by atoms with Crippen molar-refractivity contribution in [1.29, 1.82) is 0 Å². The highest BCUT2D eigenvalue weighted by atomic mass is 16.4. The van der Waals surface area contributed by atoms with Gasteiger partial charge in [0.2, 0.25) is 5.91 Å². The van der Waals surface area contributed by atoms with Crippen LogP contribution in [0.15, 0.2) is 0 Å². The van der Waals surface area contributed by atoms with Crippen molar-refractivity contribution in [3.8, 4) is 0 Å². The number of carbonyl (C=O) groups is 2. The lowest BCUT2D eigenvalue weighted by Crippen LogP contribution is -2.51. The second kappa shape index (κ2) is 5.49. The largest absolute Gasteiger partial charge is 0.481 e. The van der Waals surface area contributed by atoms with Crippen molar-refractivity contribution in [3.05, 3.63) is 0 Å². The molecule has 0 aromatic rings. The van der Waals surface area contributed by atoms with Crippen molar-refractivity contribution in [2.45, 2.75) is 32.6 Å². The van der Waals surface area contributed by atoms with E-state index in [2.05, 4.69) is 4.90 Å². The van der Waals surface area contributed by atoms with E-state index in [4.69, 9.17) is 0 Å². The number of likely N-dealkylation sites (tertiary alicyclic amines) is 2. The fourth-order valence-corrected chi connectivity index (χ4v) is 3.33.